The van der Waals surface area contributed by atoms with Crippen molar-refractivity contribution in [2.24, 2.45) is 17.3 Å². The van der Waals surface area contributed by atoms with Gasteiger partial charge in [-0.15, -0.1) is 0 Å². The number of aliphatic hydroxyl groups is 2. The number of allylic oxidation sites excluding steroid dienone is 1. The maximum atomic E-state index is 10.8. The molecule has 0 aromatic carbocycles. The summed E-state index contributed by atoms with van der Waals surface area (Å²) in [5, 5.41) is 20.1. The summed E-state index contributed by atoms with van der Waals surface area (Å²) < 4.78 is 0. The largest absolute Gasteiger partial charge is 0.396 e. The average Bonchev–Trinajstić information content (AvgIpc) is 2.72. The van der Waals surface area contributed by atoms with Crippen molar-refractivity contribution in [3.63, 3.8) is 0 Å². The molecule has 0 radical (unpaired) electrons. The quantitative estimate of drug-likeness (QED) is 0.726. The predicted octanol–water partition coefficient (Wildman–Crippen LogP) is 2.89. The van der Waals surface area contributed by atoms with E-state index in [1.54, 1.807) is 0 Å². The van der Waals surface area contributed by atoms with E-state index < -0.39 is 5.60 Å². The summed E-state index contributed by atoms with van der Waals surface area (Å²) in [6, 6.07) is 0. The van der Waals surface area contributed by atoms with Crippen molar-refractivity contribution < 1.29 is 10.2 Å². The fourth-order valence-corrected chi connectivity index (χ4v) is 3.99. The van der Waals surface area contributed by atoms with Crippen LogP contribution in [0.4, 0.5) is 0 Å². The van der Waals surface area contributed by atoms with Crippen molar-refractivity contribution in [3.8, 4) is 0 Å². The average molecular weight is 238 g/mol. The van der Waals surface area contributed by atoms with E-state index in [-0.39, 0.29) is 12.0 Å². The molecular weight excluding hydrogens is 212 g/mol. The third-order valence-electron chi connectivity index (χ3n) is 5.51. The van der Waals surface area contributed by atoms with Crippen LogP contribution in [0.15, 0.2) is 11.6 Å². The van der Waals surface area contributed by atoms with Gasteiger partial charge in [0.25, 0.3) is 0 Å². The highest BCUT2D eigenvalue weighted by Crippen LogP contribution is 2.58. The minimum atomic E-state index is -0.560. The summed E-state index contributed by atoms with van der Waals surface area (Å²) in [5.74, 6) is 0.924. The second-order valence-electron chi connectivity index (χ2n) is 6.44. The van der Waals surface area contributed by atoms with Crippen LogP contribution in [0, 0.1) is 17.3 Å². The molecule has 17 heavy (non-hydrogen) atoms. The van der Waals surface area contributed by atoms with E-state index in [1.165, 1.54) is 5.57 Å². The Hall–Kier alpha value is -0.340. The lowest BCUT2D eigenvalue weighted by atomic mass is 9.61. The first-order valence-electron chi connectivity index (χ1n) is 6.93. The molecular formula is C15H26O2. The number of aliphatic hydroxyl groups excluding tert-OH is 1. The normalized spacial score (nSPS) is 43.8. The molecule has 2 rings (SSSR count). The Bertz CT molecular complexity index is 319. The van der Waals surface area contributed by atoms with Gasteiger partial charge in [-0.1, -0.05) is 18.6 Å². The molecule has 0 aromatic rings. The number of hydrogen-bond donors (Lipinski definition) is 2. The Kier molecular flexibility index (Phi) is 3.39. The SMILES string of the molecule is CC1=CCC[C@](C)(O)[C@@]12CC[C@@H]([C@H](C)CO)C2. The van der Waals surface area contributed by atoms with E-state index in [4.69, 9.17) is 0 Å². The standard InChI is InChI=1S/C15H26O2/c1-11(10-16)13-6-8-15(9-13)12(2)5-4-7-14(15,3)17/h5,11,13,16-17H,4,6-10H2,1-3H3/t11-,13-,14+,15-/m1/s1. The van der Waals surface area contributed by atoms with Crippen LogP contribution in [0.25, 0.3) is 0 Å². The Labute approximate surface area is 105 Å². The highest BCUT2D eigenvalue weighted by molar-refractivity contribution is 5.24. The molecule has 0 aliphatic heterocycles. The summed E-state index contributed by atoms with van der Waals surface area (Å²) in [5.41, 5.74) is 0.802. The van der Waals surface area contributed by atoms with Crippen molar-refractivity contribution in [3.05, 3.63) is 11.6 Å². The van der Waals surface area contributed by atoms with Crippen molar-refractivity contribution in [1.82, 2.24) is 0 Å². The van der Waals surface area contributed by atoms with Gasteiger partial charge in [-0.25, -0.2) is 0 Å². The molecule has 0 bridgehead atoms. The zero-order chi connectivity index (χ0) is 12.7. The number of hydrogen-bond acceptors (Lipinski definition) is 2. The smallest absolute Gasteiger partial charge is 0.0715 e. The Balaban J connectivity index is 2.25. The zero-order valence-electron chi connectivity index (χ0n) is 11.4. The van der Waals surface area contributed by atoms with Gasteiger partial charge in [-0.05, 0) is 57.8 Å². The van der Waals surface area contributed by atoms with Gasteiger partial charge in [-0.3, -0.25) is 0 Å². The Morgan fingerprint density at radius 1 is 1.47 bits per heavy atom. The van der Waals surface area contributed by atoms with Gasteiger partial charge in [0.1, 0.15) is 0 Å². The molecule has 1 fully saturated rings. The van der Waals surface area contributed by atoms with Crippen LogP contribution in [0.3, 0.4) is 0 Å². The molecule has 0 unspecified atom stereocenters. The molecule has 0 amide bonds. The van der Waals surface area contributed by atoms with E-state index >= 15 is 0 Å². The van der Waals surface area contributed by atoms with Gasteiger partial charge in [-0.2, -0.15) is 0 Å². The highest BCUT2D eigenvalue weighted by Gasteiger charge is 2.53. The fraction of sp³-hybridized carbons (Fsp3) is 0.867. The van der Waals surface area contributed by atoms with Crippen molar-refractivity contribution >= 4 is 0 Å². The third-order valence-corrected chi connectivity index (χ3v) is 5.51. The minimum Gasteiger partial charge on any atom is -0.396 e. The van der Waals surface area contributed by atoms with E-state index in [1.807, 2.05) is 6.92 Å². The molecule has 1 saturated carbocycles. The van der Waals surface area contributed by atoms with Crippen molar-refractivity contribution in [2.75, 3.05) is 6.61 Å². The molecule has 2 nitrogen and oxygen atoms in total. The van der Waals surface area contributed by atoms with Crippen LogP contribution in [-0.4, -0.2) is 22.4 Å². The van der Waals surface area contributed by atoms with Crippen LogP contribution < -0.4 is 0 Å². The van der Waals surface area contributed by atoms with Gasteiger partial charge >= 0.3 is 0 Å². The lowest BCUT2D eigenvalue weighted by Gasteiger charge is -2.47. The van der Waals surface area contributed by atoms with Gasteiger partial charge in [0, 0.05) is 12.0 Å². The maximum Gasteiger partial charge on any atom is 0.0715 e. The van der Waals surface area contributed by atoms with Gasteiger partial charge in [0.2, 0.25) is 0 Å². The summed E-state index contributed by atoms with van der Waals surface area (Å²) >= 11 is 0. The van der Waals surface area contributed by atoms with E-state index in [0.717, 1.165) is 32.1 Å². The van der Waals surface area contributed by atoms with E-state index in [9.17, 15) is 10.2 Å². The Morgan fingerprint density at radius 2 is 2.18 bits per heavy atom. The van der Waals surface area contributed by atoms with Crippen LogP contribution >= 0.6 is 0 Å². The predicted molar refractivity (Wildman–Crippen MR) is 69.6 cm³/mol. The molecule has 2 aliphatic carbocycles. The van der Waals surface area contributed by atoms with Crippen LogP contribution in [0.2, 0.25) is 0 Å². The fourth-order valence-electron chi connectivity index (χ4n) is 3.99. The summed E-state index contributed by atoms with van der Waals surface area (Å²) in [7, 11) is 0. The first kappa shape index (κ1) is 13.1. The lowest BCUT2D eigenvalue weighted by molar-refractivity contribution is -0.0621. The van der Waals surface area contributed by atoms with Crippen LogP contribution in [-0.2, 0) is 0 Å². The maximum absolute atomic E-state index is 10.8. The molecule has 0 aromatic heterocycles. The zero-order valence-corrected chi connectivity index (χ0v) is 11.4. The first-order chi connectivity index (χ1) is 7.93. The van der Waals surface area contributed by atoms with Crippen LogP contribution in [0.5, 0.6) is 0 Å². The van der Waals surface area contributed by atoms with Gasteiger partial charge in [0.15, 0.2) is 0 Å². The minimum absolute atomic E-state index is 0.0145. The molecule has 2 heteroatoms. The molecule has 0 saturated heterocycles. The molecule has 0 heterocycles. The summed E-state index contributed by atoms with van der Waals surface area (Å²) in [4.78, 5) is 0. The van der Waals surface area contributed by atoms with E-state index in [2.05, 4.69) is 19.9 Å². The van der Waals surface area contributed by atoms with Crippen LogP contribution in [0.1, 0.15) is 52.9 Å². The third kappa shape index (κ3) is 1.96. The summed E-state index contributed by atoms with van der Waals surface area (Å²) in [6.07, 6.45) is 7.46. The molecule has 1 spiro atoms. The molecule has 2 aliphatic rings. The van der Waals surface area contributed by atoms with Crippen molar-refractivity contribution in [1.29, 1.82) is 0 Å². The Morgan fingerprint density at radius 3 is 2.76 bits per heavy atom. The second kappa shape index (κ2) is 4.40. The monoisotopic (exact) mass is 238 g/mol. The second-order valence-corrected chi connectivity index (χ2v) is 6.44. The van der Waals surface area contributed by atoms with Crippen molar-refractivity contribution in [2.45, 2.75) is 58.5 Å². The highest BCUT2D eigenvalue weighted by atomic mass is 16.3. The van der Waals surface area contributed by atoms with E-state index in [0.29, 0.717) is 11.8 Å². The molecule has 4 atom stereocenters. The molecule has 2 N–H and O–H groups in total. The summed E-state index contributed by atoms with van der Waals surface area (Å²) in [6.45, 7) is 6.58. The van der Waals surface area contributed by atoms with Gasteiger partial charge in [0.05, 0.1) is 5.60 Å². The lowest BCUT2D eigenvalue weighted by Crippen LogP contribution is -2.47. The number of rotatable bonds is 2. The first-order valence-corrected chi connectivity index (χ1v) is 6.93. The molecule has 98 valence electrons. The van der Waals surface area contributed by atoms with Gasteiger partial charge < -0.3 is 10.2 Å². The topological polar surface area (TPSA) is 40.5 Å².